The third-order valence-electron chi connectivity index (χ3n) is 5.58. The lowest BCUT2D eigenvalue weighted by atomic mass is 10.2. The number of benzene rings is 4. The van der Waals surface area contributed by atoms with Gasteiger partial charge in [-0.1, -0.05) is 72.8 Å². The van der Waals surface area contributed by atoms with Gasteiger partial charge in [0.25, 0.3) is 0 Å². The molecule has 0 spiro atoms. The molecule has 4 rings (SSSR count). The molecule has 0 heterocycles. The van der Waals surface area contributed by atoms with Crippen LogP contribution in [0, 0.1) is 0 Å². The van der Waals surface area contributed by atoms with E-state index in [0.717, 1.165) is 30.6 Å². The number of hydrogen-bond donors (Lipinski definition) is 2. The highest BCUT2D eigenvalue weighted by molar-refractivity contribution is 5.75. The summed E-state index contributed by atoms with van der Waals surface area (Å²) < 4.78 is 0. The third-order valence-corrected chi connectivity index (χ3v) is 5.58. The number of nitrogens with two attached hydrogens (primary N) is 1. The molecule has 0 atom stereocenters. The number of carbonyl (C=O) groups excluding carboxylic acids is 1. The Balaban J connectivity index is 0.000000215. The Morgan fingerprint density at radius 3 is 1.38 bits per heavy atom. The quantitative estimate of drug-likeness (QED) is 0.304. The van der Waals surface area contributed by atoms with Crippen molar-refractivity contribution in [2.45, 2.75) is 19.6 Å². The molecule has 0 fully saturated rings. The zero-order valence-corrected chi connectivity index (χ0v) is 22.5. The maximum atomic E-state index is 10.3. The number of carbonyl (C=O) groups is 1. The molecule has 0 saturated heterocycles. The fourth-order valence-corrected chi connectivity index (χ4v) is 3.32. The van der Waals surface area contributed by atoms with E-state index in [9.17, 15) is 4.79 Å². The highest BCUT2D eigenvalue weighted by Gasteiger charge is 1.97. The van der Waals surface area contributed by atoms with Crippen molar-refractivity contribution in [3.05, 3.63) is 131 Å². The summed E-state index contributed by atoms with van der Waals surface area (Å²) in [5.74, 6) is 0. The fraction of sp³-hybridized carbons (Fsp3) is 0.219. The molecular weight excluding hydrogens is 456 g/mol. The summed E-state index contributed by atoms with van der Waals surface area (Å²) in [6, 6.07) is 36.6. The van der Waals surface area contributed by atoms with Gasteiger partial charge in [0.15, 0.2) is 0 Å². The zero-order valence-electron chi connectivity index (χ0n) is 22.5. The minimum atomic E-state index is 0.640. The van der Waals surface area contributed by atoms with Crippen LogP contribution in [-0.2, 0) is 19.6 Å². The van der Waals surface area contributed by atoms with Crippen molar-refractivity contribution in [3.63, 3.8) is 0 Å². The average Bonchev–Trinajstić information content (AvgIpc) is 2.95. The van der Waals surface area contributed by atoms with E-state index in [0.29, 0.717) is 6.54 Å². The minimum absolute atomic E-state index is 0.640. The second-order valence-corrected chi connectivity index (χ2v) is 8.94. The Labute approximate surface area is 222 Å². The Hall–Kier alpha value is -3.93. The van der Waals surface area contributed by atoms with Gasteiger partial charge < -0.3 is 20.9 Å². The molecule has 0 saturated carbocycles. The monoisotopic (exact) mass is 496 g/mol. The SMILES string of the molecule is CN(C)c1ccc(C=O)cc1.CN(C)c1ccc(CNCc2ccccc2)cc1.NCc1ccccc1. The molecule has 0 amide bonds. The van der Waals surface area contributed by atoms with E-state index in [1.165, 1.54) is 22.4 Å². The number of nitrogens with one attached hydrogen (secondary N) is 1. The van der Waals surface area contributed by atoms with E-state index in [1.807, 2.05) is 79.7 Å². The van der Waals surface area contributed by atoms with Crippen LogP contribution in [0.5, 0.6) is 0 Å². The molecule has 194 valence electrons. The highest BCUT2D eigenvalue weighted by atomic mass is 16.1. The molecule has 0 bridgehead atoms. The van der Waals surface area contributed by atoms with Crippen LogP contribution in [0.15, 0.2) is 109 Å². The molecule has 4 aromatic rings. The smallest absolute Gasteiger partial charge is 0.150 e. The molecule has 0 aliphatic heterocycles. The fourth-order valence-electron chi connectivity index (χ4n) is 3.32. The van der Waals surface area contributed by atoms with E-state index in [4.69, 9.17) is 5.73 Å². The predicted molar refractivity (Wildman–Crippen MR) is 158 cm³/mol. The van der Waals surface area contributed by atoms with Crippen molar-refractivity contribution in [3.8, 4) is 0 Å². The van der Waals surface area contributed by atoms with Crippen molar-refractivity contribution < 1.29 is 4.79 Å². The Bertz CT molecular complexity index is 1130. The summed E-state index contributed by atoms with van der Waals surface area (Å²) in [5, 5.41) is 3.45. The van der Waals surface area contributed by atoms with Crippen LogP contribution >= 0.6 is 0 Å². The van der Waals surface area contributed by atoms with Crippen molar-refractivity contribution in [2.75, 3.05) is 38.0 Å². The van der Waals surface area contributed by atoms with Crippen molar-refractivity contribution in [1.82, 2.24) is 5.32 Å². The topological polar surface area (TPSA) is 61.6 Å². The van der Waals surface area contributed by atoms with Gasteiger partial charge in [0.1, 0.15) is 6.29 Å². The minimum Gasteiger partial charge on any atom is -0.378 e. The lowest BCUT2D eigenvalue weighted by Gasteiger charge is -2.13. The summed E-state index contributed by atoms with van der Waals surface area (Å²) in [4.78, 5) is 14.4. The number of anilines is 2. The molecule has 0 unspecified atom stereocenters. The first-order chi connectivity index (χ1) is 17.9. The van der Waals surface area contributed by atoms with Crippen LogP contribution in [0.1, 0.15) is 27.0 Å². The third kappa shape index (κ3) is 11.6. The summed E-state index contributed by atoms with van der Waals surface area (Å²) >= 11 is 0. The second-order valence-electron chi connectivity index (χ2n) is 8.94. The normalized spacial score (nSPS) is 9.76. The number of aldehydes is 1. The number of rotatable bonds is 8. The van der Waals surface area contributed by atoms with Crippen molar-refractivity contribution in [1.29, 1.82) is 0 Å². The standard InChI is InChI=1S/C16H20N2.C9H11NO.C7H9N/c1-18(2)16-10-8-15(9-11-16)13-17-12-14-6-4-3-5-7-14;1-10(2)9-5-3-8(7-11)4-6-9;8-6-7-4-2-1-3-5-7/h3-11,17H,12-13H2,1-2H3;3-7H,1-2H3;1-5H,6,8H2. The van der Waals surface area contributed by atoms with Gasteiger partial charge in [0, 0.05) is 64.8 Å². The lowest BCUT2D eigenvalue weighted by Crippen LogP contribution is -2.13. The highest BCUT2D eigenvalue weighted by Crippen LogP contribution is 2.12. The van der Waals surface area contributed by atoms with Crippen LogP contribution in [0.25, 0.3) is 0 Å². The van der Waals surface area contributed by atoms with E-state index >= 15 is 0 Å². The average molecular weight is 497 g/mol. The maximum Gasteiger partial charge on any atom is 0.150 e. The van der Waals surface area contributed by atoms with E-state index in [2.05, 4.69) is 72.8 Å². The summed E-state index contributed by atoms with van der Waals surface area (Å²) in [6.45, 7) is 2.46. The Morgan fingerprint density at radius 1 is 0.595 bits per heavy atom. The van der Waals surface area contributed by atoms with Gasteiger partial charge in [-0.15, -0.1) is 0 Å². The van der Waals surface area contributed by atoms with Crippen molar-refractivity contribution >= 4 is 17.7 Å². The van der Waals surface area contributed by atoms with Crippen molar-refractivity contribution in [2.24, 2.45) is 5.73 Å². The summed E-state index contributed by atoms with van der Waals surface area (Å²) in [6.07, 6.45) is 0.847. The Kier molecular flexibility index (Phi) is 13.2. The molecule has 5 heteroatoms. The van der Waals surface area contributed by atoms with E-state index in [-0.39, 0.29) is 0 Å². The molecule has 5 nitrogen and oxygen atoms in total. The molecule has 3 N–H and O–H groups in total. The molecular formula is C32H40N4O. The summed E-state index contributed by atoms with van der Waals surface area (Å²) in [5.41, 5.74) is 12.2. The van der Waals surface area contributed by atoms with Gasteiger partial charge in [-0.3, -0.25) is 4.79 Å². The maximum absolute atomic E-state index is 10.3. The van der Waals surface area contributed by atoms with Gasteiger partial charge in [-0.05, 0) is 53.1 Å². The first kappa shape index (κ1) is 29.3. The van der Waals surface area contributed by atoms with Gasteiger partial charge in [0.2, 0.25) is 0 Å². The van der Waals surface area contributed by atoms with Crippen LogP contribution < -0.4 is 20.9 Å². The molecule has 37 heavy (non-hydrogen) atoms. The molecule has 0 aromatic heterocycles. The summed E-state index contributed by atoms with van der Waals surface area (Å²) in [7, 11) is 8.05. The van der Waals surface area contributed by atoms with Gasteiger partial charge in [-0.25, -0.2) is 0 Å². The van der Waals surface area contributed by atoms with Crippen LogP contribution in [0.2, 0.25) is 0 Å². The first-order valence-electron chi connectivity index (χ1n) is 12.4. The molecule has 4 aromatic carbocycles. The number of nitrogens with zero attached hydrogens (tertiary/aromatic N) is 2. The van der Waals surface area contributed by atoms with Gasteiger partial charge in [0.05, 0.1) is 0 Å². The molecule has 0 aliphatic rings. The number of hydrogen-bond acceptors (Lipinski definition) is 5. The van der Waals surface area contributed by atoms with Gasteiger partial charge >= 0.3 is 0 Å². The van der Waals surface area contributed by atoms with E-state index < -0.39 is 0 Å². The predicted octanol–water partition coefficient (Wildman–Crippen LogP) is 5.75. The van der Waals surface area contributed by atoms with E-state index in [1.54, 1.807) is 0 Å². The van der Waals surface area contributed by atoms with Crippen LogP contribution in [-0.4, -0.2) is 34.5 Å². The largest absolute Gasteiger partial charge is 0.378 e. The Morgan fingerprint density at radius 2 is 1.00 bits per heavy atom. The zero-order chi connectivity index (χ0) is 26.9. The lowest BCUT2D eigenvalue weighted by molar-refractivity contribution is 0.112. The first-order valence-corrected chi connectivity index (χ1v) is 12.4. The second kappa shape index (κ2) is 16.7. The van der Waals surface area contributed by atoms with Crippen LogP contribution in [0.4, 0.5) is 11.4 Å². The van der Waals surface area contributed by atoms with Gasteiger partial charge in [-0.2, -0.15) is 0 Å². The van der Waals surface area contributed by atoms with Crippen LogP contribution in [0.3, 0.4) is 0 Å². The molecule has 0 radical (unpaired) electrons. The molecule has 0 aliphatic carbocycles.